The van der Waals surface area contributed by atoms with Crippen molar-refractivity contribution < 1.29 is 14.6 Å². The molecular formula is C22H30N2O3. The highest BCUT2D eigenvalue weighted by molar-refractivity contribution is 5.43. The Balaban J connectivity index is 1.50. The zero-order valence-electron chi connectivity index (χ0n) is 16.3. The van der Waals surface area contributed by atoms with Crippen LogP contribution in [0, 0.1) is 0 Å². The normalized spacial score (nSPS) is 15.4. The van der Waals surface area contributed by atoms with E-state index in [2.05, 4.69) is 28.0 Å². The molecule has 1 aliphatic rings. The molecule has 2 aromatic carbocycles. The summed E-state index contributed by atoms with van der Waals surface area (Å²) in [7, 11) is 3.64. The SMILES string of the molecule is COc1ccc(CN2CCC2)cc1OC[C@@H](O)CN(C)Cc1ccccc1. The first kappa shape index (κ1) is 19.7. The van der Waals surface area contributed by atoms with Crippen molar-refractivity contribution in [2.24, 2.45) is 0 Å². The summed E-state index contributed by atoms with van der Waals surface area (Å²) in [6.07, 6.45) is 0.713. The van der Waals surface area contributed by atoms with Gasteiger partial charge in [-0.05, 0) is 49.8 Å². The molecule has 5 nitrogen and oxygen atoms in total. The molecule has 1 atom stereocenters. The van der Waals surface area contributed by atoms with Crippen LogP contribution in [0.15, 0.2) is 48.5 Å². The zero-order chi connectivity index (χ0) is 19.1. The van der Waals surface area contributed by atoms with E-state index in [9.17, 15) is 5.11 Å². The van der Waals surface area contributed by atoms with Crippen LogP contribution in [0.1, 0.15) is 17.5 Å². The number of benzene rings is 2. The fourth-order valence-corrected chi connectivity index (χ4v) is 3.29. The second-order valence-corrected chi connectivity index (χ2v) is 7.26. The van der Waals surface area contributed by atoms with Crippen LogP contribution in [0.25, 0.3) is 0 Å². The van der Waals surface area contributed by atoms with Gasteiger partial charge in [-0.25, -0.2) is 0 Å². The van der Waals surface area contributed by atoms with Gasteiger partial charge in [-0.3, -0.25) is 9.80 Å². The Labute approximate surface area is 162 Å². The molecule has 1 heterocycles. The average Bonchev–Trinajstić information content (AvgIpc) is 2.64. The molecule has 1 N–H and O–H groups in total. The van der Waals surface area contributed by atoms with Crippen molar-refractivity contribution in [1.29, 1.82) is 0 Å². The largest absolute Gasteiger partial charge is 0.493 e. The maximum atomic E-state index is 10.4. The molecule has 1 saturated heterocycles. The van der Waals surface area contributed by atoms with Crippen molar-refractivity contribution in [3.05, 3.63) is 59.7 Å². The van der Waals surface area contributed by atoms with Crippen molar-refractivity contribution in [2.45, 2.75) is 25.6 Å². The summed E-state index contributed by atoms with van der Waals surface area (Å²) in [5.74, 6) is 1.40. The van der Waals surface area contributed by atoms with Crippen molar-refractivity contribution in [3.8, 4) is 11.5 Å². The van der Waals surface area contributed by atoms with Crippen molar-refractivity contribution in [2.75, 3.05) is 40.4 Å². The van der Waals surface area contributed by atoms with Gasteiger partial charge in [0.25, 0.3) is 0 Å². The van der Waals surface area contributed by atoms with E-state index in [1.54, 1.807) is 7.11 Å². The first-order valence-corrected chi connectivity index (χ1v) is 9.56. The lowest BCUT2D eigenvalue weighted by Gasteiger charge is -2.30. The number of hydrogen-bond donors (Lipinski definition) is 1. The van der Waals surface area contributed by atoms with E-state index in [1.165, 1.54) is 17.5 Å². The van der Waals surface area contributed by atoms with Gasteiger partial charge in [0.15, 0.2) is 11.5 Å². The predicted octanol–water partition coefficient (Wildman–Crippen LogP) is 2.77. The average molecular weight is 370 g/mol. The minimum Gasteiger partial charge on any atom is -0.493 e. The summed E-state index contributed by atoms with van der Waals surface area (Å²) in [4.78, 5) is 4.50. The molecule has 1 fully saturated rings. The molecule has 2 aromatic rings. The molecule has 1 aliphatic heterocycles. The van der Waals surface area contributed by atoms with E-state index in [0.29, 0.717) is 18.0 Å². The van der Waals surface area contributed by atoms with Crippen LogP contribution >= 0.6 is 0 Å². The number of likely N-dealkylation sites (N-methyl/N-ethyl adjacent to an activating group) is 1. The van der Waals surface area contributed by atoms with Crippen LogP contribution in [-0.2, 0) is 13.1 Å². The Bertz CT molecular complexity index is 704. The number of hydrogen-bond acceptors (Lipinski definition) is 5. The van der Waals surface area contributed by atoms with E-state index in [0.717, 1.165) is 26.2 Å². The highest BCUT2D eigenvalue weighted by atomic mass is 16.5. The predicted molar refractivity (Wildman–Crippen MR) is 107 cm³/mol. The minimum absolute atomic E-state index is 0.239. The standard InChI is InChI=1S/C22H30N2O3/c1-23(14-18-7-4-3-5-8-18)16-20(25)17-27-22-13-19(9-10-21(22)26-2)15-24-11-6-12-24/h3-5,7-10,13,20,25H,6,11-12,14-17H2,1-2H3/t20-/m0/s1. The number of aliphatic hydroxyl groups excluding tert-OH is 1. The van der Waals surface area contributed by atoms with E-state index in [1.807, 2.05) is 37.4 Å². The Kier molecular flexibility index (Phi) is 7.10. The quantitative estimate of drug-likeness (QED) is 0.697. The smallest absolute Gasteiger partial charge is 0.161 e. The number of aliphatic hydroxyl groups is 1. The molecule has 0 saturated carbocycles. The van der Waals surface area contributed by atoms with Crippen LogP contribution in [0.5, 0.6) is 11.5 Å². The molecule has 0 aliphatic carbocycles. The number of ether oxygens (including phenoxy) is 2. The van der Waals surface area contributed by atoms with E-state index >= 15 is 0 Å². The van der Waals surface area contributed by atoms with Crippen molar-refractivity contribution in [3.63, 3.8) is 0 Å². The van der Waals surface area contributed by atoms with E-state index < -0.39 is 6.10 Å². The number of methoxy groups -OCH3 is 1. The Morgan fingerprint density at radius 2 is 1.85 bits per heavy atom. The second-order valence-electron chi connectivity index (χ2n) is 7.26. The molecule has 0 unspecified atom stereocenters. The zero-order valence-corrected chi connectivity index (χ0v) is 16.3. The van der Waals surface area contributed by atoms with E-state index in [-0.39, 0.29) is 6.61 Å². The molecule has 0 aromatic heterocycles. The summed E-state index contributed by atoms with van der Waals surface area (Å²) < 4.78 is 11.3. The fourth-order valence-electron chi connectivity index (χ4n) is 3.29. The van der Waals surface area contributed by atoms with E-state index in [4.69, 9.17) is 9.47 Å². The van der Waals surface area contributed by atoms with Crippen molar-refractivity contribution >= 4 is 0 Å². The van der Waals surface area contributed by atoms with Gasteiger partial charge in [0, 0.05) is 19.6 Å². The summed E-state index contributed by atoms with van der Waals surface area (Å²) in [5, 5.41) is 10.4. The highest BCUT2D eigenvalue weighted by Crippen LogP contribution is 2.29. The summed E-state index contributed by atoms with van der Waals surface area (Å²) in [6, 6.07) is 16.3. The number of likely N-dealkylation sites (tertiary alicyclic amines) is 1. The maximum Gasteiger partial charge on any atom is 0.161 e. The lowest BCUT2D eigenvalue weighted by Crippen LogP contribution is -2.36. The molecule has 0 spiro atoms. The van der Waals surface area contributed by atoms with Gasteiger partial charge in [-0.15, -0.1) is 0 Å². The van der Waals surface area contributed by atoms with Gasteiger partial charge < -0.3 is 14.6 Å². The number of rotatable bonds is 10. The molecular weight excluding hydrogens is 340 g/mol. The molecule has 27 heavy (non-hydrogen) atoms. The van der Waals surface area contributed by atoms with Gasteiger partial charge in [-0.2, -0.15) is 0 Å². The number of nitrogens with zero attached hydrogens (tertiary/aromatic N) is 2. The van der Waals surface area contributed by atoms with Crippen LogP contribution in [0.2, 0.25) is 0 Å². The molecule has 0 amide bonds. The van der Waals surface area contributed by atoms with Crippen LogP contribution in [0.3, 0.4) is 0 Å². The molecule has 0 radical (unpaired) electrons. The Morgan fingerprint density at radius 1 is 1.07 bits per heavy atom. The van der Waals surface area contributed by atoms with Gasteiger partial charge in [-0.1, -0.05) is 36.4 Å². The van der Waals surface area contributed by atoms with Crippen LogP contribution in [0.4, 0.5) is 0 Å². The van der Waals surface area contributed by atoms with Crippen LogP contribution < -0.4 is 9.47 Å². The molecule has 3 rings (SSSR count). The third-order valence-electron chi connectivity index (χ3n) is 4.83. The third kappa shape index (κ3) is 5.96. The van der Waals surface area contributed by atoms with Gasteiger partial charge in [0.1, 0.15) is 12.7 Å². The lowest BCUT2D eigenvalue weighted by molar-refractivity contribution is 0.0732. The topological polar surface area (TPSA) is 45.2 Å². The third-order valence-corrected chi connectivity index (χ3v) is 4.83. The van der Waals surface area contributed by atoms with Gasteiger partial charge >= 0.3 is 0 Å². The Hall–Kier alpha value is -2.08. The molecule has 146 valence electrons. The Morgan fingerprint density at radius 3 is 2.52 bits per heavy atom. The minimum atomic E-state index is -0.567. The van der Waals surface area contributed by atoms with Crippen molar-refractivity contribution in [1.82, 2.24) is 9.80 Å². The first-order chi connectivity index (χ1) is 13.1. The lowest BCUT2D eigenvalue weighted by atomic mass is 10.1. The summed E-state index contributed by atoms with van der Waals surface area (Å²) >= 11 is 0. The first-order valence-electron chi connectivity index (χ1n) is 9.56. The molecule has 0 bridgehead atoms. The summed E-state index contributed by atoms with van der Waals surface area (Å²) in [6.45, 7) is 4.84. The fraction of sp³-hybridized carbons (Fsp3) is 0.455. The highest BCUT2D eigenvalue weighted by Gasteiger charge is 2.16. The second kappa shape index (κ2) is 9.74. The van der Waals surface area contributed by atoms with Gasteiger partial charge in [0.05, 0.1) is 7.11 Å². The van der Waals surface area contributed by atoms with Gasteiger partial charge in [0.2, 0.25) is 0 Å². The maximum absolute atomic E-state index is 10.4. The summed E-state index contributed by atoms with van der Waals surface area (Å²) in [5.41, 5.74) is 2.44. The molecule has 5 heteroatoms. The van der Waals surface area contributed by atoms with Crippen LogP contribution in [-0.4, -0.2) is 61.4 Å². The monoisotopic (exact) mass is 370 g/mol.